The SMILES string of the molecule is CCN1CCCC1CN(Cc1cc2ccc(C)c(C)c2[nH]c1=O)C(=S)Nc1cc(C)ccc1C. The molecule has 1 fully saturated rings. The summed E-state index contributed by atoms with van der Waals surface area (Å²) in [5.41, 5.74) is 7.27. The molecule has 0 amide bonds. The Bertz CT molecular complexity index is 1270. The van der Waals surface area contributed by atoms with Gasteiger partial charge in [-0.15, -0.1) is 0 Å². The number of pyridine rings is 1. The predicted molar refractivity (Wildman–Crippen MR) is 147 cm³/mol. The minimum atomic E-state index is -0.0421. The molecular formula is C28H36N4OS. The fraction of sp³-hybridized carbons (Fsp3) is 0.429. The summed E-state index contributed by atoms with van der Waals surface area (Å²) in [7, 11) is 0. The molecule has 6 heteroatoms. The lowest BCUT2D eigenvalue weighted by Crippen LogP contribution is -2.45. The fourth-order valence-electron chi connectivity index (χ4n) is 4.95. The van der Waals surface area contributed by atoms with Crippen LogP contribution in [0.5, 0.6) is 0 Å². The van der Waals surface area contributed by atoms with E-state index in [4.69, 9.17) is 12.2 Å². The third-order valence-electron chi connectivity index (χ3n) is 7.25. The summed E-state index contributed by atoms with van der Waals surface area (Å²) in [6.45, 7) is 13.9. The van der Waals surface area contributed by atoms with Crippen LogP contribution in [0.3, 0.4) is 0 Å². The van der Waals surface area contributed by atoms with Crippen LogP contribution in [-0.4, -0.2) is 45.6 Å². The van der Waals surface area contributed by atoms with Crippen LogP contribution in [-0.2, 0) is 6.54 Å². The molecule has 2 heterocycles. The van der Waals surface area contributed by atoms with Crippen molar-refractivity contribution in [1.82, 2.24) is 14.8 Å². The maximum atomic E-state index is 13.1. The Morgan fingerprint density at radius 1 is 1.15 bits per heavy atom. The second-order valence-electron chi connectivity index (χ2n) is 9.65. The number of anilines is 1. The molecule has 2 N–H and O–H groups in total. The van der Waals surface area contributed by atoms with Crippen molar-refractivity contribution in [2.24, 2.45) is 0 Å². The van der Waals surface area contributed by atoms with E-state index in [1.165, 1.54) is 17.5 Å². The molecule has 1 aromatic heterocycles. The molecule has 5 nitrogen and oxygen atoms in total. The molecule has 1 aliphatic rings. The molecule has 0 spiro atoms. The highest BCUT2D eigenvalue weighted by Crippen LogP contribution is 2.23. The van der Waals surface area contributed by atoms with Crippen molar-refractivity contribution < 1.29 is 0 Å². The summed E-state index contributed by atoms with van der Waals surface area (Å²) in [5, 5.41) is 5.20. The molecular weight excluding hydrogens is 440 g/mol. The predicted octanol–water partition coefficient (Wildman–Crippen LogP) is 5.45. The quantitative estimate of drug-likeness (QED) is 0.464. The smallest absolute Gasteiger partial charge is 0.253 e. The Kier molecular flexibility index (Phi) is 7.39. The van der Waals surface area contributed by atoms with E-state index in [-0.39, 0.29) is 5.56 Å². The Hall–Kier alpha value is -2.70. The van der Waals surface area contributed by atoms with E-state index in [0.29, 0.717) is 17.7 Å². The van der Waals surface area contributed by atoms with Gasteiger partial charge in [-0.1, -0.05) is 31.2 Å². The fourth-order valence-corrected chi connectivity index (χ4v) is 5.20. The maximum Gasteiger partial charge on any atom is 0.253 e. The second-order valence-corrected chi connectivity index (χ2v) is 10.0. The first-order valence-electron chi connectivity index (χ1n) is 12.3. The molecule has 1 aliphatic heterocycles. The molecule has 0 saturated carbocycles. The van der Waals surface area contributed by atoms with Gasteiger partial charge in [0.15, 0.2) is 5.11 Å². The first kappa shape index (κ1) is 24.4. The van der Waals surface area contributed by atoms with Gasteiger partial charge in [-0.05, 0) is 106 Å². The number of H-pyrrole nitrogens is 1. The molecule has 4 rings (SSSR count). The molecule has 3 aromatic rings. The van der Waals surface area contributed by atoms with E-state index in [0.717, 1.165) is 59.3 Å². The van der Waals surface area contributed by atoms with Crippen molar-refractivity contribution in [3.63, 3.8) is 0 Å². The van der Waals surface area contributed by atoms with Gasteiger partial charge in [0.2, 0.25) is 0 Å². The summed E-state index contributed by atoms with van der Waals surface area (Å²) in [4.78, 5) is 20.9. The average Bonchev–Trinajstić information content (AvgIpc) is 3.26. The van der Waals surface area contributed by atoms with Gasteiger partial charge in [-0.3, -0.25) is 9.69 Å². The summed E-state index contributed by atoms with van der Waals surface area (Å²) >= 11 is 5.93. The zero-order valence-corrected chi connectivity index (χ0v) is 21.8. The molecule has 180 valence electrons. The number of thiocarbonyl (C=S) groups is 1. The highest BCUT2D eigenvalue weighted by Gasteiger charge is 2.27. The Morgan fingerprint density at radius 2 is 1.91 bits per heavy atom. The molecule has 2 aromatic carbocycles. The minimum absolute atomic E-state index is 0.0421. The minimum Gasteiger partial charge on any atom is -0.343 e. The molecule has 1 unspecified atom stereocenters. The third kappa shape index (κ3) is 5.18. The summed E-state index contributed by atoms with van der Waals surface area (Å²) < 4.78 is 0. The lowest BCUT2D eigenvalue weighted by molar-refractivity contribution is 0.221. The molecule has 0 radical (unpaired) electrons. The van der Waals surface area contributed by atoms with Crippen LogP contribution in [0.15, 0.2) is 41.2 Å². The largest absolute Gasteiger partial charge is 0.343 e. The number of hydrogen-bond acceptors (Lipinski definition) is 3. The number of fused-ring (bicyclic) bond motifs is 1. The van der Waals surface area contributed by atoms with E-state index in [1.54, 1.807) is 0 Å². The third-order valence-corrected chi connectivity index (χ3v) is 7.61. The number of aryl methyl sites for hydroxylation is 4. The van der Waals surface area contributed by atoms with Gasteiger partial charge in [0.25, 0.3) is 5.56 Å². The molecule has 0 bridgehead atoms. The van der Waals surface area contributed by atoms with Crippen molar-refractivity contribution in [1.29, 1.82) is 0 Å². The van der Waals surface area contributed by atoms with Gasteiger partial charge in [-0.25, -0.2) is 0 Å². The van der Waals surface area contributed by atoms with Gasteiger partial charge in [-0.2, -0.15) is 0 Å². The zero-order chi connectivity index (χ0) is 24.4. The van der Waals surface area contributed by atoms with Crippen molar-refractivity contribution in [2.45, 2.75) is 60.0 Å². The monoisotopic (exact) mass is 476 g/mol. The summed E-state index contributed by atoms with van der Waals surface area (Å²) in [6, 6.07) is 13.0. The molecule has 1 saturated heterocycles. The number of rotatable bonds is 6. The highest BCUT2D eigenvalue weighted by atomic mass is 32.1. The van der Waals surface area contributed by atoms with Crippen molar-refractivity contribution in [2.75, 3.05) is 25.0 Å². The maximum absolute atomic E-state index is 13.1. The Morgan fingerprint density at radius 3 is 2.68 bits per heavy atom. The Balaban J connectivity index is 1.65. The van der Waals surface area contributed by atoms with Gasteiger partial charge < -0.3 is 15.2 Å². The van der Waals surface area contributed by atoms with Crippen molar-refractivity contribution >= 4 is 33.9 Å². The number of likely N-dealkylation sites (tertiary alicyclic amines) is 1. The van der Waals surface area contributed by atoms with Crippen molar-refractivity contribution in [3.8, 4) is 0 Å². The van der Waals surface area contributed by atoms with Crippen molar-refractivity contribution in [3.05, 3.63) is 74.6 Å². The number of hydrogen-bond donors (Lipinski definition) is 2. The first-order chi connectivity index (χ1) is 16.3. The van der Waals surface area contributed by atoms with Gasteiger partial charge in [0.1, 0.15) is 0 Å². The number of nitrogens with zero attached hydrogens (tertiary/aromatic N) is 2. The molecule has 0 aliphatic carbocycles. The number of nitrogens with one attached hydrogen (secondary N) is 2. The van der Waals surface area contributed by atoms with Gasteiger partial charge in [0, 0.05) is 23.8 Å². The first-order valence-corrected chi connectivity index (χ1v) is 12.7. The highest BCUT2D eigenvalue weighted by molar-refractivity contribution is 7.80. The lowest BCUT2D eigenvalue weighted by Gasteiger charge is -2.32. The van der Waals surface area contributed by atoms with E-state index in [1.807, 2.05) is 6.07 Å². The van der Waals surface area contributed by atoms with Crippen LogP contribution in [0.2, 0.25) is 0 Å². The van der Waals surface area contributed by atoms with Gasteiger partial charge in [0.05, 0.1) is 12.1 Å². The average molecular weight is 477 g/mol. The van der Waals surface area contributed by atoms with E-state index < -0.39 is 0 Å². The normalized spacial score (nSPS) is 16.2. The van der Waals surface area contributed by atoms with Crippen LogP contribution in [0.1, 0.15) is 47.6 Å². The van der Waals surface area contributed by atoms with Crippen LogP contribution in [0, 0.1) is 27.7 Å². The number of aromatic amines is 1. The van der Waals surface area contributed by atoms with E-state index in [2.05, 4.69) is 85.1 Å². The van der Waals surface area contributed by atoms with Gasteiger partial charge >= 0.3 is 0 Å². The lowest BCUT2D eigenvalue weighted by atomic mass is 10.0. The topological polar surface area (TPSA) is 51.4 Å². The number of likely N-dealkylation sites (N-methyl/N-ethyl adjacent to an activating group) is 1. The zero-order valence-electron chi connectivity index (χ0n) is 21.0. The van der Waals surface area contributed by atoms with E-state index >= 15 is 0 Å². The van der Waals surface area contributed by atoms with Crippen LogP contribution >= 0.6 is 12.2 Å². The second kappa shape index (κ2) is 10.3. The Labute approximate surface area is 208 Å². The number of aromatic nitrogens is 1. The summed E-state index contributed by atoms with van der Waals surface area (Å²) in [6.07, 6.45) is 2.36. The molecule has 1 atom stereocenters. The van der Waals surface area contributed by atoms with Crippen LogP contribution in [0.4, 0.5) is 5.69 Å². The van der Waals surface area contributed by atoms with Crippen LogP contribution in [0.25, 0.3) is 10.9 Å². The van der Waals surface area contributed by atoms with Crippen LogP contribution < -0.4 is 10.9 Å². The molecule has 34 heavy (non-hydrogen) atoms. The summed E-state index contributed by atoms with van der Waals surface area (Å²) in [5.74, 6) is 0. The number of benzene rings is 2. The van der Waals surface area contributed by atoms with E-state index in [9.17, 15) is 4.79 Å². The standard InChI is InChI=1S/C28H36N4OS/c1-6-31-13-7-8-24(31)17-32(28(34)29-25-14-18(2)9-10-20(25)4)16-23-15-22-12-11-19(3)21(5)26(22)30-27(23)33/h9-12,14-15,24H,6-8,13,16-17H2,1-5H3,(H,29,34)(H,30,33).